The molecule has 2 heteroatoms. The molecule has 0 aromatic rings. The van der Waals surface area contributed by atoms with Crippen molar-refractivity contribution in [3.8, 4) is 0 Å². The highest BCUT2D eigenvalue weighted by Gasteiger charge is 2.44. The monoisotopic (exact) mass is 544 g/mol. The van der Waals surface area contributed by atoms with Crippen molar-refractivity contribution in [3.63, 3.8) is 0 Å². The molecule has 5 fully saturated rings. The number of aliphatic hydroxyl groups is 1. The number of hydrogen-bond donors (Lipinski definition) is 1. The fourth-order valence-electron chi connectivity index (χ4n) is 10.9. The van der Waals surface area contributed by atoms with E-state index >= 15 is 0 Å². The first-order chi connectivity index (χ1) is 18.2. The SMILES string of the molecule is CC[C@H]1CCC2CC(C3CCCC([C@@H](O)[C@H](P)C4CC(C(C)(C)C)CCC4CC4CCCC4)C3)CCC2C1. The summed E-state index contributed by atoms with van der Waals surface area (Å²) in [6, 6.07) is 0. The van der Waals surface area contributed by atoms with Crippen molar-refractivity contribution in [2.75, 3.05) is 0 Å². The van der Waals surface area contributed by atoms with Crippen LogP contribution in [0.15, 0.2) is 0 Å². The summed E-state index contributed by atoms with van der Waals surface area (Å²) >= 11 is 0. The summed E-state index contributed by atoms with van der Waals surface area (Å²) in [5.74, 6) is 8.86. The molecule has 0 spiro atoms. The molecule has 5 aliphatic carbocycles. The third-order valence-electron chi connectivity index (χ3n) is 13.5. The molecule has 1 nitrogen and oxygen atoms in total. The molecule has 5 rings (SSSR count). The second-order valence-electron chi connectivity index (χ2n) is 16.6. The van der Waals surface area contributed by atoms with Crippen LogP contribution in [0.1, 0.15) is 150 Å². The highest BCUT2D eigenvalue weighted by molar-refractivity contribution is 7.17. The lowest BCUT2D eigenvalue weighted by molar-refractivity contribution is 0.00100. The fraction of sp³-hybridized carbons (Fsp3) is 1.00. The van der Waals surface area contributed by atoms with Gasteiger partial charge in [0.15, 0.2) is 0 Å². The van der Waals surface area contributed by atoms with E-state index in [-0.39, 0.29) is 6.10 Å². The van der Waals surface area contributed by atoms with E-state index in [1.54, 1.807) is 0 Å². The van der Waals surface area contributed by atoms with Crippen LogP contribution < -0.4 is 0 Å². The van der Waals surface area contributed by atoms with E-state index in [9.17, 15) is 5.11 Å². The van der Waals surface area contributed by atoms with Gasteiger partial charge in [-0.05, 0) is 135 Å². The summed E-state index contributed by atoms with van der Waals surface area (Å²) in [7, 11) is 3.27. The highest BCUT2D eigenvalue weighted by atomic mass is 31.0. The average Bonchev–Trinajstić information content (AvgIpc) is 3.44. The van der Waals surface area contributed by atoms with Crippen molar-refractivity contribution >= 4 is 9.24 Å². The van der Waals surface area contributed by atoms with Crippen molar-refractivity contribution in [1.82, 2.24) is 0 Å². The highest BCUT2D eigenvalue weighted by Crippen LogP contribution is 2.52. The summed E-state index contributed by atoms with van der Waals surface area (Å²) in [4.78, 5) is 0. The molecule has 220 valence electrons. The van der Waals surface area contributed by atoms with E-state index in [4.69, 9.17) is 0 Å². The van der Waals surface area contributed by atoms with Gasteiger partial charge >= 0.3 is 0 Å². The van der Waals surface area contributed by atoms with Crippen molar-refractivity contribution in [2.24, 2.45) is 64.6 Å². The molecule has 0 bridgehead atoms. The number of fused-ring (bicyclic) bond motifs is 1. The minimum Gasteiger partial charge on any atom is -0.392 e. The van der Waals surface area contributed by atoms with Crippen LogP contribution >= 0.6 is 9.24 Å². The largest absolute Gasteiger partial charge is 0.392 e. The second kappa shape index (κ2) is 13.1. The molecule has 0 heterocycles. The van der Waals surface area contributed by atoms with Crippen LogP contribution in [0.3, 0.4) is 0 Å². The van der Waals surface area contributed by atoms with Gasteiger partial charge in [-0.2, -0.15) is 0 Å². The Morgan fingerprint density at radius 3 is 2.03 bits per heavy atom. The summed E-state index contributed by atoms with van der Waals surface area (Å²) in [5, 5.41) is 12.0. The van der Waals surface area contributed by atoms with E-state index in [0.29, 0.717) is 22.9 Å². The quantitative estimate of drug-likeness (QED) is 0.316. The van der Waals surface area contributed by atoms with E-state index in [1.165, 1.54) is 122 Å². The van der Waals surface area contributed by atoms with Gasteiger partial charge in [-0.3, -0.25) is 0 Å². The minimum absolute atomic E-state index is 0.103. The van der Waals surface area contributed by atoms with Gasteiger partial charge in [0.1, 0.15) is 0 Å². The van der Waals surface area contributed by atoms with Gasteiger partial charge in [0, 0.05) is 5.66 Å². The normalized spacial score (nSPS) is 42.9. The minimum atomic E-state index is -0.103. The number of hydrogen-bond acceptors (Lipinski definition) is 1. The summed E-state index contributed by atoms with van der Waals surface area (Å²) < 4.78 is 0. The van der Waals surface area contributed by atoms with E-state index in [1.807, 2.05) is 0 Å². The zero-order chi connectivity index (χ0) is 26.9. The molecule has 38 heavy (non-hydrogen) atoms. The molecule has 0 saturated heterocycles. The topological polar surface area (TPSA) is 20.2 Å². The van der Waals surface area contributed by atoms with Crippen molar-refractivity contribution in [3.05, 3.63) is 0 Å². The maximum absolute atomic E-state index is 12.0. The Hall–Kier alpha value is 0.390. The number of rotatable bonds is 7. The fourth-order valence-corrected chi connectivity index (χ4v) is 11.7. The molecule has 0 aromatic carbocycles. The van der Waals surface area contributed by atoms with E-state index < -0.39 is 0 Å². The van der Waals surface area contributed by atoms with Crippen LogP contribution in [0.5, 0.6) is 0 Å². The Labute approximate surface area is 240 Å². The lowest BCUT2D eigenvalue weighted by atomic mass is 9.59. The molecular formula is C36H65OP. The maximum atomic E-state index is 12.0. The van der Waals surface area contributed by atoms with Crippen molar-refractivity contribution in [1.29, 1.82) is 0 Å². The van der Waals surface area contributed by atoms with Crippen LogP contribution in [0.4, 0.5) is 0 Å². The van der Waals surface area contributed by atoms with Crippen LogP contribution in [0.25, 0.3) is 0 Å². The maximum Gasteiger partial charge on any atom is 0.0633 e. The Kier molecular flexibility index (Phi) is 10.3. The summed E-state index contributed by atoms with van der Waals surface area (Å²) in [5.41, 5.74) is 0.798. The van der Waals surface area contributed by atoms with Gasteiger partial charge in [-0.15, -0.1) is 9.24 Å². The molecule has 12 atom stereocenters. The third-order valence-corrected chi connectivity index (χ3v) is 14.4. The number of aliphatic hydroxyl groups excluding tert-OH is 1. The van der Waals surface area contributed by atoms with Gasteiger partial charge in [0.25, 0.3) is 0 Å². The molecule has 9 unspecified atom stereocenters. The predicted molar refractivity (Wildman–Crippen MR) is 167 cm³/mol. The molecule has 0 amide bonds. The first kappa shape index (κ1) is 29.9. The predicted octanol–water partition coefficient (Wildman–Crippen LogP) is 10.3. The molecule has 0 aliphatic heterocycles. The van der Waals surface area contributed by atoms with Crippen LogP contribution in [-0.4, -0.2) is 16.9 Å². The van der Waals surface area contributed by atoms with E-state index in [2.05, 4.69) is 36.9 Å². The van der Waals surface area contributed by atoms with Crippen LogP contribution in [0, 0.1) is 64.6 Å². The molecule has 0 aromatic heterocycles. The molecule has 5 aliphatic rings. The smallest absolute Gasteiger partial charge is 0.0633 e. The van der Waals surface area contributed by atoms with Crippen molar-refractivity contribution < 1.29 is 5.11 Å². The lowest BCUT2D eigenvalue weighted by Gasteiger charge is -2.48. The summed E-state index contributed by atoms with van der Waals surface area (Å²) in [6.45, 7) is 9.82. The molecule has 5 saturated carbocycles. The zero-order valence-corrected chi connectivity index (χ0v) is 27.0. The van der Waals surface area contributed by atoms with E-state index in [0.717, 1.165) is 47.3 Å². The zero-order valence-electron chi connectivity index (χ0n) is 25.9. The Balaban J connectivity index is 1.20. The first-order valence-electron chi connectivity index (χ1n) is 17.7. The van der Waals surface area contributed by atoms with Gasteiger partial charge < -0.3 is 5.11 Å². The Morgan fingerprint density at radius 2 is 1.34 bits per heavy atom. The average molecular weight is 545 g/mol. The molecular weight excluding hydrogens is 479 g/mol. The van der Waals surface area contributed by atoms with Gasteiger partial charge in [0.05, 0.1) is 6.10 Å². The second-order valence-corrected chi connectivity index (χ2v) is 17.4. The van der Waals surface area contributed by atoms with Gasteiger partial charge in [-0.25, -0.2) is 0 Å². The first-order valence-corrected chi connectivity index (χ1v) is 18.3. The Morgan fingerprint density at radius 1 is 0.684 bits per heavy atom. The van der Waals surface area contributed by atoms with Gasteiger partial charge in [0.2, 0.25) is 0 Å². The summed E-state index contributed by atoms with van der Waals surface area (Å²) in [6.07, 6.45) is 27.3. The molecule has 0 radical (unpaired) electrons. The van der Waals surface area contributed by atoms with Crippen LogP contribution in [-0.2, 0) is 0 Å². The standard InChI is InChI=1S/C36H65OP/c1-5-24-13-14-28-21-29(16-15-27(28)19-24)26-11-8-12-31(22-26)34(37)35(38)33-23-32(36(2,3)4)18-17-30(33)20-25-9-6-7-10-25/h24-35,37H,5-23,38H2,1-4H3/t24-,26?,27?,28?,29?,30?,31?,32?,33?,34+,35+/m0/s1. The van der Waals surface area contributed by atoms with Gasteiger partial charge in [-0.1, -0.05) is 79.1 Å². The third kappa shape index (κ3) is 7.05. The van der Waals surface area contributed by atoms with Crippen LogP contribution in [0.2, 0.25) is 0 Å². The molecule has 1 N–H and O–H groups in total. The Bertz CT molecular complexity index is 721. The van der Waals surface area contributed by atoms with Crippen molar-refractivity contribution in [2.45, 2.75) is 161 Å². The lowest BCUT2D eigenvalue weighted by Crippen LogP contribution is -2.44.